The van der Waals surface area contributed by atoms with Crippen molar-refractivity contribution in [3.8, 4) is 0 Å². The molecule has 1 unspecified atom stereocenters. The Hall–Kier alpha value is -0.380. The number of ether oxygens (including phenoxy) is 1. The molecule has 0 radical (unpaired) electrons. The molecule has 4 heteroatoms. The number of hydrogen-bond acceptors (Lipinski definition) is 3. The molecule has 0 amide bonds. The summed E-state index contributed by atoms with van der Waals surface area (Å²) in [5, 5.41) is 0. The Labute approximate surface area is 89.0 Å². The minimum Gasteiger partial charge on any atom is -0.471 e. The van der Waals surface area contributed by atoms with E-state index in [4.69, 9.17) is 4.79 Å². The van der Waals surface area contributed by atoms with Crippen LogP contribution in [0.15, 0.2) is 0 Å². The van der Waals surface area contributed by atoms with Crippen molar-refractivity contribution in [2.24, 2.45) is 0 Å². The van der Waals surface area contributed by atoms with E-state index in [1.54, 1.807) is 0 Å². The second kappa shape index (κ2) is 17.6. The van der Waals surface area contributed by atoms with Crippen LogP contribution in [0.4, 0.5) is 0 Å². The molecule has 0 heterocycles. The van der Waals surface area contributed by atoms with Crippen molar-refractivity contribution < 1.29 is 14.3 Å². The molecule has 0 aromatic rings. The zero-order valence-electron chi connectivity index (χ0n) is 8.96. The van der Waals surface area contributed by atoms with Crippen LogP contribution in [-0.4, -0.2) is 24.2 Å². The van der Waals surface area contributed by atoms with Crippen LogP contribution in [0.1, 0.15) is 34.1 Å². The van der Waals surface area contributed by atoms with E-state index in [2.05, 4.69) is 20.7 Å². The van der Waals surface area contributed by atoms with Crippen molar-refractivity contribution in [3.05, 3.63) is 0 Å². The van der Waals surface area contributed by atoms with E-state index in [-0.39, 0.29) is 10.6 Å². The summed E-state index contributed by atoms with van der Waals surface area (Å²) in [6, 6.07) is 0. The van der Waals surface area contributed by atoms with E-state index >= 15 is 0 Å². The van der Waals surface area contributed by atoms with Gasteiger partial charge in [0.25, 0.3) is 6.47 Å². The first kappa shape index (κ1) is 18.4. The zero-order chi connectivity index (χ0) is 11.3. The lowest BCUT2D eigenvalue weighted by atomic mass is 10.2. The van der Waals surface area contributed by atoms with Crippen LogP contribution < -0.4 is 0 Å². The molecule has 1 atom stereocenters. The second-order valence-electron chi connectivity index (χ2n) is 1.77. The maximum Gasteiger partial charge on any atom is 0.292 e. The summed E-state index contributed by atoms with van der Waals surface area (Å²) in [6.45, 7) is 8.08. The van der Waals surface area contributed by atoms with E-state index in [1.165, 1.54) is 7.11 Å². The molecule has 0 rings (SSSR count). The molecule has 0 aromatic carbocycles. The lowest BCUT2D eigenvalue weighted by Gasteiger charge is -1.93. The summed E-state index contributed by atoms with van der Waals surface area (Å²) >= 11 is 3.15. The fourth-order valence-corrected chi connectivity index (χ4v) is 0.605. The van der Waals surface area contributed by atoms with Crippen molar-refractivity contribution in [3.63, 3.8) is 0 Å². The molecular weight excluding hydrogens is 236 g/mol. The molecule has 0 N–H and O–H groups in total. The van der Waals surface area contributed by atoms with E-state index < -0.39 is 0 Å². The Bertz CT molecular complexity index is 113. The third kappa shape index (κ3) is 24.5. The van der Waals surface area contributed by atoms with Gasteiger partial charge in [-0.05, 0) is 6.92 Å². The number of hydrogen-bond donors (Lipinski definition) is 0. The van der Waals surface area contributed by atoms with Gasteiger partial charge in [-0.3, -0.25) is 9.59 Å². The van der Waals surface area contributed by atoms with E-state index in [9.17, 15) is 4.79 Å². The standard InChI is InChI=1S/C5H9BrO.C2H4O2.C2H6/c1-3-5(7)4(2)6;1-4-2-3;1-2/h4H,3H2,1-2H3;2H,1H3;1-2H3. The van der Waals surface area contributed by atoms with Gasteiger partial charge in [0.1, 0.15) is 5.78 Å². The fourth-order valence-electron chi connectivity index (χ4n) is 0.281. The Balaban J connectivity index is -0.000000142. The van der Waals surface area contributed by atoms with Crippen LogP contribution in [0, 0.1) is 0 Å². The van der Waals surface area contributed by atoms with Gasteiger partial charge in [-0.15, -0.1) is 0 Å². The largest absolute Gasteiger partial charge is 0.471 e. The average molecular weight is 255 g/mol. The third-order valence-electron chi connectivity index (χ3n) is 0.888. The first-order valence-corrected chi connectivity index (χ1v) is 5.14. The van der Waals surface area contributed by atoms with Crippen molar-refractivity contribution in [1.82, 2.24) is 0 Å². The molecule has 0 saturated carbocycles. The molecule has 0 aliphatic heterocycles. The van der Waals surface area contributed by atoms with Gasteiger partial charge in [-0.2, -0.15) is 0 Å². The Morgan fingerprint density at radius 2 is 1.85 bits per heavy atom. The summed E-state index contributed by atoms with van der Waals surface area (Å²) in [7, 11) is 1.31. The van der Waals surface area contributed by atoms with Crippen LogP contribution in [0.25, 0.3) is 0 Å². The molecule has 0 fully saturated rings. The van der Waals surface area contributed by atoms with Crippen molar-refractivity contribution in [1.29, 1.82) is 0 Å². The molecule has 0 bridgehead atoms. The monoisotopic (exact) mass is 254 g/mol. The molecule has 0 aromatic heterocycles. The van der Waals surface area contributed by atoms with Crippen LogP contribution >= 0.6 is 15.9 Å². The molecule has 0 spiro atoms. The third-order valence-corrected chi connectivity index (χ3v) is 1.40. The first-order valence-electron chi connectivity index (χ1n) is 4.23. The number of alkyl halides is 1. The maximum atomic E-state index is 10.5. The normalized spacial score (nSPS) is 9.38. The molecule has 80 valence electrons. The Morgan fingerprint density at radius 3 is 1.85 bits per heavy atom. The van der Waals surface area contributed by atoms with Crippen LogP contribution in [0.3, 0.4) is 0 Å². The number of carbonyl (C=O) groups is 2. The molecule has 0 saturated heterocycles. The Kier molecular flexibility index (Phi) is 25.0. The minimum absolute atomic E-state index is 0.0394. The van der Waals surface area contributed by atoms with Crippen LogP contribution in [-0.2, 0) is 14.3 Å². The molecule has 0 aliphatic rings. The van der Waals surface area contributed by atoms with Crippen molar-refractivity contribution in [2.75, 3.05) is 7.11 Å². The summed E-state index contributed by atoms with van der Waals surface area (Å²) < 4.78 is 3.86. The van der Waals surface area contributed by atoms with Gasteiger partial charge in [0, 0.05) is 6.42 Å². The minimum atomic E-state index is 0.0394. The number of methoxy groups -OCH3 is 1. The zero-order valence-corrected chi connectivity index (χ0v) is 10.6. The summed E-state index contributed by atoms with van der Waals surface area (Å²) in [5.74, 6) is 0.264. The maximum absolute atomic E-state index is 10.5. The van der Waals surface area contributed by atoms with Gasteiger partial charge in [-0.25, -0.2) is 0 Å². The molecular formula is C9H19BrO3. The van der Waals surface area contributed by atoms with Crippen molar-refractivity contribution in [2.45, 2.75) is 38.9 Å². The summed E-state index contributed by atoms with van der Waals surface area (Å²) in [6.07, 6.45) is 0.631. The first-order chi connectivity index (χ1) is 6.09. The highest BCUT2D eigenvalue weighted by Gasteiger charge is 2.02. The van der Waals surface area contributed by atoms with E-state index in [0.717, 1.165) is 0 Å². The molecule has 0 aliphatic carbocycles. The van der Waals surface area contributed by atoms with Gasteiger partial charge in [-0.1, -0.05) is 36.7 Å². The predicted octanol–water partition coefficient (Wildman–Crippen LogP) is 2.56. The summed E-state index contributed by atoms with van der Waals surface area (Å²) in [5.41, 5.74) is 0. The van der Waals surface area contributed by atoms with Gasteiger partial charge < -0.3 is 4.74 Å². The highest BCUT2D eigenvalue weighted by atomic mass is 79.9. The number of carbonyl (C=O) groups excluding carboxylic acids is 2. The second-order valence-corrected chi connectivity index (χ2v) is 3.14. The van der Waals surface area contributed by atoms with Gasteiger partial charge in [0.2, 0.25) is 0 Å². The lowest BCUT2D eigenvalue weighted by Crippen LogP contribution is -2.06. The summed E-state index contributed by atoms with van der Waals surface area (Å²) in [4.78, 5) is 19.5. The predicted molar refractivity (Wildman–Crippen MR) is 58.1 cm³/mol. The van der Waals surface area contributed by atoms with Crippen LogP contribution in [0.5, 0.6) is 0 Å². The van der Waals surface area contributed by atoms with E-state index in [1.807, 2.05) is 27.7 Å². The average Bonchev–Trinajstić information content (AvgIpc) is 2.19. The highest BCUT2D eigenvalue weighted by Crippen LogP contribution is 2.00. The number of ketones is 1. The fraction of sp³-hybridized carbons (Fsp3) is 0.778. The molecule has 13 heavy (non-hydrogen) atoms. The van der Waals surface area contributed by atoms with Gasteiger partial charge in [0.05, 0.1) is 11.9 Å². The topological polar surface area (TPSA) is 43.4 Å². The SMILES string of the molecule is CC.CCC(=O)C(C)Br.COC=O. The Morgan fingerprint density at radius 1 is 1.54 bits per heavy atom. The number of halogens is 1. The van der Waals surface area contributed by atoms with Crippen molar-refractivity contribution >= 4 is 28.2 Å². The van der Waals surface area contributed by atoms with E-state index in [0.29, 0.717) is 12.9 Å². The lowest BCUT2D eigenvalue weighted by molar-refractivity contribution is -0.126. The number of Topliss-reactive ketones (excluding diaryl/α,β-unsaturated/α-hetero) is 1. The van der Waals surface area contributed by atoms with Gasteiger partial charge in [0.15, 0.2) is 0 Å². The van der Waals surface area contributed by atoms with Gasteiger partial charge >= 0.3 is 0 Å². The molecule has 3 nitrogen and oxygen atoms in total. The smallest absolute Gasteiger partial charge is 0.292 e. The van der Waals surface area contributed by atoms with Crippen LogP contribution in [0.2, 0.25) is 0 Å². The highest BCUT2D eigenvalue weighted by molar-refractivity contribution is 9.10. The quantitative estimate of drug-likeness (QED) is 0.575. The number of rotatable bonds is 3.